The molecule has 0 spiro atoms. The molecule has 0 aliphatic rings. The molecule has 1 amide bonds. The normalized spacial score (nSPS) is 12.8. The third-order valence-electron chi connectivity index (χ3n) is 8.78. The van der Waals surface area contributed by atoms with Crippen LogP contribution < -0.4 is 0 Å². The number of nitrogens with zero attached hydrogens (tertiary/aromatic N) is 2. The van der Waals surface area contributed by atoms with Crippen LogP contribution >= 0.6 is 0 Å². The topological polar surface area (TPSA) is 102 Å². The number of rotatable bonds is 34. The van der Waals surface area contributed by atoms with Gasteiger partial charge in [-0.3, -0.25) is 19.2 Å². The standard InChI is InChI=1S/C42H76N2O7/c1-7-10-13-15-16-17-18-19-20-21-22-23-24-25-27-30-39(45)50-36-37(4)44(33-29-32-43(5)6)42(48)38(51-40(46)31-26-12-9-3)35-41(47)49-34-28-14-11-8-2/h16-17,19-20,37-38H,7-15,18,21-36H2,1-6H3/b17-16-,20-19-. The number of unbranched alkanes of at least 4 members (excludes halogenated alkanes) is 13. The van der Waals surface area contributed by atoms with Crippen LogP contribution in [0, 0.1) is 0 Å². The molecule has 0 aliphatic heterocycles. The summed E-state index contributed by atoms with van der Waals surface area (Å²) in [6, 6.07) is -0.459. The quantitative estimate of drug-likeness (QED) is 0.0280. The Morgan fingerprint density at radius 3 is 1.80 bits per heavy atom. The molecule has 0 N–H and O–H groups in total. The Hall–Kier alpha value is -2.68. The third-order valence-corrected chi connectivity index (χ3v) is 8.78. The van der Waals surface area contributed by atoms with Gasteiger partial charge in [0, 0.05) is 19.4 Å². The van der Waals surface area contributed by atoms with Crippen LogP contribution in [-0.4, -0.2) is 86.2 Å². The molecule has 0 heterocycles. The first-order valence-electron chi connectivity index (χ1n) is 20.4. The highest BCUT2D eigenvalue weighted by Crippen LogP contribution is 2.15. The van der Waals surface area contributed by atoms with Gasteiger partial charge in [-0.2, -0.15) is 0 Å². The molecule has 0 rings (SSSR count). The van der Waals surface area contributed by atoms with E-state index in [1.165, 1.54) is 25.7 Å². The number of carbonyl (C=O) groups is 4. The highest BCUT2D eigenvalue weighted by atomic mass is 16.6. The molecule has 2 unspecified atom stereocenters. The van der Waals surface area contributed by atoms with Crippen molar-refractivity contribution in [3.8, 4) is 0 Å². The summed E-state index contributed by atoms with van der Waals surface area (Å²) < 4.78 is 16.7. The summed E-state index contributed by atoms with van der Waals surface area (Å²) >= 11 is 0. The van der Waals surface area contributed by atoms with Gasteiger partial charge in [0.2, 0.25) is 0 Å². The minimum Gasteiger partial charge on any atom is -0.466 e. The number of allylic oxidation sites excluding steroid dienone is 4. The van der Waals surface area contributed by atoms with Gasteiger partial charge in [0.15, 0.2) is 6.10 Å². The second kappa shape index (κ2) is 34.4. The minimum absolute atomic E-state index is 0.0336. The smallest absolute Gasteiger partial charge is 0.310 e. The van der Waals surface area contributed by atoms with Crippen LogP contribution in [0.5, 0.6) is 0 Å². The van der Waals surface area contributed by atoms with Crippen LogP contribution in [0.2, 0.25) is 0 Å². The molecule has 9 nitrogen and oxygen atoms in total. The zero-order valence-electron chi connectivity index (χ0n) is 33.6. The lowest BCUT2D eigenvalue weighted by molar-refractivity contribution is -0.167. The average molecular weight is 721 g/mol. The van der Waals surface area contributed by atoms with E-state index in [0.717, 1.165) is 90.0 Å². The summed E-state index contributed by atoms with van der Waals surface area (Å²) in [6.45, 7) is 9.63. The Labute approximate surface area is 312 Å². The van der Waals surface area contributed by atoms with Crippen molar-refractivity contribution in [3.05, 3.63) is 24.3 Å². The molecule has 0 saturated heterocycles. The lowest BCUT2D eigenvalue weighted by Crippen LogP contribution is -2.49. The first kappa shape index (κ1) is 48.3. The van der Waals surface area contributed by atoms with Gasteiger partial charge in [-0.05, 0) is 85.4 Å². The van der Waals surface area contributed by atoms with E-state index in [-0.39, 0.29) is 32.0 Å². The molecule has 0 fully saturated rings. The summed E-state index contributed by atoms with van der Waals surface area (Å²) in [6.07, 6.45) is 27.2. The Morgan fingerprint density at radius 1 is 0.588 bits per heavy atom. The molecule has 2 atom stereocenters. The van der Waals surface area contributed by atoms with Gasteiger partial charge in [-0.1, -0.05) is 109 Å². The van der Waals surface area contributed by atoms with Crippen molar-refractivity contribution in [1.82, 2.24) is 9.80 Å². The molecule has 51 heavy (non-hydrogen) atoms. The van der Waals surface area contributed by atoms with E-state index < -0.39 is 30.0 Å². The maximum absolute atomic E-state index is 13.9. The summed E-state index contributed by atoms with van der Waals surface area (Å²) in [5.41, 5.74) is 0. The van der Waals surface area contributed by atoms with Gasteiger partial charge in [0.05, 0.1) is 19.1 Å². The van der Waals surface area contributed by atoms with Crippen molar-refractivity contribution >= 4 is 23.8 Å². The van der Waals surface area contributed by atoms with Gasteiger partial charge < -0.3 is 24.0 Å². The first-order valence-corrected chi connectivity index (χ1v) is 20.4. The van der Waals surface area contributed by atoms with Crippen LogP contribution in [0.25, 0.3) is 0 Å². The Bertz CT molecular complexity index is 949. The molecule has 0 aliphatic carbocycles. The van der Waals surface area contributed by atoms with Gasteiger partial charge in [-0.15, -0.1) is 0 Å². The predicted octanol–water partition coefficient (Wildman–Crippen LogP) is 9.52. The molecule has 296 valence electrons. The zero-order chi connectivity index (χ0) is 38.0. The van der Waals surface area contributed by atoms with Crippen molar-refractivity contribution in [2.24, 2.45) is 0 Å². The lowest BCUT2D eigenvalue weighted by Gasteiger charge is -2.32. The molecule has 0 saturated carbocycles. The van der Waals surface area contributed by atoms with E-state index in [1.807, 2.05) is 32.8 Å². The number of amides is 1. The van der Waals surface area contributed by atoms with Gasteiger partial charge in [0.25, 0.3) is 5.91 Å². The molecule has 0 aromatic heterocycles. The van der Waals surface area contributed by atoms with Crippen LogP contribution in [0.15, 0.2) is 24.3 Å². The SMILES string of the molecule is CCCCC/C=C\C/C=C\CCCCCCCC(=O)OCC(C)N(CCCN(C)C)C(=O)C(CC(=O)OCCCCCC)OC(=O)CCCCC. The Morgan fingerprint density at radius 2 is 1.14 bits per heavy atom. The van der Waals surface area contributed by atoms with Gasteiger partial charge in [0.1, 0.15) is 6.61 Å². The van der Waals surface area contributed by atoms with E-state index in [9.17, 15) is 19.2 Å². The van der Waals surface area contributed by atoms with Crippen molar-refractivity contribution in [2.45, 2.75) is 181 Å². The maximum atomic E-state index is 13.9. The van der Waals surface area contributed by atoms with Crippen LogP contribution in [0.1, 0.15) is 169 Å². The average Bonchev–Trinajstić information content (AvgIpc) is 3.10. The second-order valence-electron chi connectivity index (χ2n) is 14.1. The molecule has 9 heteroatoms. The summed E-state index contributed by atoms with van der Waals surface area (Å²) in [5.74, 6) is -1.80. The molecule has 0 aromatic rings. The molecular formula is C42H76N2O7. The van der Waals surface area contributed by atoms with E-state index in [0.29, 0.717) is 25.8 Å². The molecule has 0 aromatic carbocycles. The van der Waals surface area contributed by atoms with E-state index in [1.54, 1.807) is 4.90 Å². The minimum atomic E-state index is -1.28. The van der Waals surface area contributed by atoms with E-state index >= 15 is 0 Å². The molecule has 0 radical (unpaired) electrons. The monoisotopic (exact) mass is 721 g/mol. The van der Waals surface area contributed by atoms with Gasteiger partial charge in [-0.25, -0.2) is 0 Å². The summed E-state index contributed by atoms with van der Waals surface area (Å²) in [4.78, 5) is 55.6. The highest BCUT2D eigenvalue weighted by Gasteiger charge is 2.33. The van der Waals surface area contributed by atoms with Crippen LogP contribution in [0.4, 0.5) is 0 Å². The fraction of sp³-hybridized carbons (Fsp3) is 0.810. The largest absolute Gasteiger partial charge is 0.466 e. The summed E-state index contributed by atoms with van der Waals surface area (Å²) in [7, 11) is 3.92. The number of esters is 3. The van der Waals surface area contributed by atoms with Crippen molar-refractivity contribution in [1.29, 1.82) is 0 Å². The fourth-order valence-corrected chi connectivity index (χ4v) is 5.59. The predicted molar refractivity (Wildman–Crippen MR) is 208 cm³/mol. The maximum Gasteiger partial charge on any atom is 0.310 e. The summed E-state index contributed by atoms with van der Waals surface area (Å²) in [5, 5.41) is 0. The number of carbonyl (C=O) groups excluding carboxylic acids is 4. The number of hydrogen-bond donors (Lipinski definition) is 0. The number of ether oxygens (including phenoxy) is 3. The van der Waals surface area contributed by atoms with Gasteiger partial charge >= 0.3 is 17.9 Å². The van der Waals surface area contributed by atoms with Crippen LogP contribution in [-0.2, 0) is 33.4 Å². The van der Waals surface area contributed by atoms with Crippen molar-refractivity contribution < 1.29 is 33.4 Å². The zero-order valence-corrected chi connectivity index (χ0v) is 33.6. The Kier molecular flexibility index (Phi) is 32.6. The third kappa shape index (κ3) is 29.6. The van der Waals surface area contributed by atoms with Crippen molar-refractivity contribution in [3.63, 3.8) is 0 Å². The highest BCUT2D eigenvalue weighted by molar-refractivity contribution is 5.88. The lowest BCUT2D eigenvalue weighted by atomic mass is 10.1. The van der Waals surface area contributed by atoms with Crippen LogP contribution in [0.3, 0.4) is 0 Å². The molecule has 0 bridgehead atoms. The number of hydrogen-bond acceptors (Lipinski definition) is 8. The second-order valence-corrected chi connectivity index (χ2v) is 14.1. The Balaban J connectivity index is 4.96. The van der Waals surface area contributed by atoms with Crippen molar-refractivity contribution in [2.75, 3.05) is 40.4 Å². The van der Waals surface area contributed by atoms with E-state index in [2.05, 4.69) is 38.2 Å². The molecular weight excluding hydrogens is 644 g/mol. The first-order chi connectivity index (χ1) is 24.7. The fourth-order valence-electron chi connectivity index (χ4n) is 5.59. The van der Waals surface area contributed by atoms with E-state index in [4.69, 9.17) is 14.2 Å².